The number of piperazine rings is 1. The summed E-state index contributed by atoms with van der Waals surface area (Å²) >= 11 is 0. The minimum absolute atomic E-state index is 0.0783. The zero-order chi connectivity index (χ0) is 21.9. The SMILES string of the molecule is COc1cccc(-c2nnc(N3CCN(C(=O)c4ccccc4)CC3)c3ccccc23)c1. The number of rotatable bonds is 4. The average molecular weight is 425 g/mol. The molecular formula is C26H24N4O2. The highest BCUT2D eigenvalue weighted by molar-refractivity contribution is 6.00. The number of amides is 1. The maximum absolute atomic E-state index is 12.8. The van der Waals surface area contributed by atoms with Crippen LogP contribution in [-0.4, -0.2) is 54.3 Å². The molecule has 0 spiro atoms. The molecule has 0 bridgehead atoms. The summed E-state index contributed by atoms with van der Waals surface area (Å²) in [5.74, 6) is 1.73. The Hall–Kier alpha value is -3.93. The van der Waals surface area contributed by atoms with Gasteiger partial charge in [-0.2, -0.15) is 0 Å². The van der Waals surface area contributed by atoms with Crippen molar-refractivity contribution in [3.8, 4) is 17.0 Å². The second-order valence-electron chi connectivity index (χ2n) is 7.80. The van der Waals surface area contributed by atoms with Gasteiger partial charge in [-0.25, -0.2) is 0 Å². The molecule has 5 rings (SSSR count). The van der Waals surface area contributed by atoms with Gasteiger partial charge >= 0.3 is 0 Å². The molecule has 3 aromatic carbocycles. The summed E-state index contributed by atoms with van der Waals surface area (Å²) in [5.41, 5.74) is 2.54. The van der Waals surface area contributed by atoms with E-state index in [9.17, 15) is 4.79 Å². The topological polar surface area (TPSA) is 58.6 Å². The third-order valence-electron chi connectivity index (χ3n) is 5.90. The van der Waals surface area contributed by atoms with Crippen LogP contribution in [0.25, 0.3) is 22.0 Å². The number of nitrogens with zero attached hydrogens (tertiary/aromatic N) is 4. The number of methoxy groups -OCH3 is 1. The normalized spacial score (nSPS) is 13.9. The van der Waals surface area contributed by atoms with Crippen molar-refractivity contribution in [2.45, 2.75) is 0 Å². The van der Waals surface area contributed by atoms with Gasteiger partial charge < -0.3 is 14.5 Å². The van der Waals surface area contributed by atoms with E-state index in [1.54, 1.807) is 7.11 Å². The number of benzene rings is 3. The van der Waals surface area contributed by atoms with Crippen LogP contribution in [0.5, 0.6) is 5.75 Å². The summed E-state index contributed by atoms with van der Waals surface area (Å²) in [6.45, 7) is 2.74. The molecule has 0 radical (unpaired) electrons. The zero-order valence-electron chi connectivity index (χ0n) is 17.9. The summed E-state index contributed by atoms with van der Waals surface area (Å²) in [6.07, 6.45) is 0. The van der Waals surface area contributed by atoms with Crippen LogP contribution in [0.3, 0.4) is 0 Å². The smallest absolute Gasteiger partial charge is 0.253 e. The molecule has 0 atom stereocenters. The van der Waals surface area contributed by atoms with Gasteiger partial charge in [0.25, 0.3) is 5.91 Å². The van der Waals surface area contributed by atoms with Gasteiger partial charge in [-0.1, -0.05) is 54.6 Å². The van der Waals surface area contributed by atoms with Gasteiger partial charge in [-0.3, -0.25) is 4.79 Å². The Morgan fingerprint density at radius 3 is 2.28 bits per heavy atom. The lowest BCUT2D eigenvalue weighted by Crippen LogP contribution is -2.49. The number of aromatic nitrogens is 2. The number of ether oxygens (including phenoxy) is 1. The number of carbonyl (C=O) groups excluding carboxylic acids is 1. The molecule has 1 amide bonds. The van der Waals surface area contributed by atoms with Gasteiger partial charge in [0.15, 0.2) is 5.82 Å². The van der Waals surface area contributed by atoms with Crippen molar-refractivity contribution in [1.29, 1.82) is 0 Å². The van der Waals surface area contributed by atoms with Crippen LogP contribution in [0.15, 0.2) is 78.9 Å². The van der Waals surface area contributed by atoms with Crippen molar-refractivity contribution >= 4 is 22.5 Å². The third-order valence-corrected chi connectivity index (χ3v) is 5.90. The number of fused-ring (bicyclic) bond motifs is 1. The monoisotopic (exact) mass is 424 g/mol. The molecule has 1 saturated heterocycles. The number of hydrogen-bond donors (Lipinski definition) is 0. The van der Waals surface area contributed by atoms with Crippen molar-refractivity contribution in [2.24, 2.45) is 0 Å². The van der Waals surface area contributed by atoms with Gasteiger partial charge in [0.1, 0.15) is 11.4 Å². The molecule has 2 heterocycles. The number of anilines is 1. The highest BCUT2D eigenvalue weighted by atomic mass is 16.5. The molecule has 1 aliphatic rings. The Kier molecular flexibility index (Phi) is 5.42. The van der Waals surface area contributed by atoms with Crippen molar-refractivity contribution in [3.05, 3.63) is 84.4 Å². The largest absolute Gasteiger partial charge is 0.497 e. The molecule has 32 heavy (non-hydrogen) atoms. The zero-order valence-corrected chi connectivity index (χ0v) is 17.9. The molecule has 1 aromatic heterocycles. The van der Waals surface area contributed by atoms with Gasteiger partial charge in [0.05, 0.1) is 7.11 Å². The fourth-order valence-corrected chi connectivity index (χ4v) is 4.19. The Bertz CT molecular complexity index is 1250. The first-order chi connectivity index (χ1) is 15.7. The van der Waals surface area contributed by atoms with Crippen LogP contribution >= 0.6 is 0 Å². The van der Waals surface area contributed by atoms with Gasteiger partial charge in [-0.05, 0) is 24.3 Å². The molecule has 0 N–H and O–H groups in total. The lowest BCUT2D eigenvalue weighted by Gasteiger charge is -2.35. The van der Waals surface area contributed by atoms with Crippen LogP contribution in [0.1, 0.15) is 10.4 Å². The maximum atomic E-state index is 12.8. The molecule has 0 aliphatic carbocycles. The van der Waals surface area contributed by atoms with Crippen molar-refractivity contribution in [1.82, 2.24) is 15.1 Å². The van der Waals surface area contributed by atoms with Gasteiger partial charge in [0.2, 0.25) is 0 Å². The van der Waals surface area contributed by atoms with Crippen LogP contribution < -0.4 is 9.64 Å². The lowest BCUT2D eigenvalue weighted by molar-refractivity contribution is 0.0746. The first-order valence-corrected chi connectivity index (χ1v) is 10.7. The predicted molar refractivity (Wildman–Crippen MR) is 126 cm³/mol. The Labute approximate surface area is 187 Å². The first kappa shape index (κ1) is 20.0. The van der Waals surface area contributed by atoms with Gasteiger partial charge in [-0.15, -0.1) is 10.2 Å². The summed E-state index contributed by atoms with van der Waals surface area (Å²) in [5, 5.41) is 11.3. The van der Waals surface area contributed by atoms with E-state index in [0.29, 0.717) is 13.1 Å². The number of hydrogen-bond acceptors (Lipinski definition) is 5. The third kappa shape index (κ3) is 3.75. The highest BCUT2D eigenvalue weighted by Crippen LogP contribution is 2.33. The lowest BCUT2D eigenvalue weighted by atomic mass is 10.0. The summed E-state index contributed by atoms with van der Waals surface area (Å²) in [4.78, 5) is 16.9. The van der Waals surface area contributed by atoms with Crippen molar-refractivity contribution in [2.75, 3.05) is 38.2 Å². The number of carbonyl (C=O) groups is 1. The Morgan fingerprint density at radius 2 is 1.53 bits per heavy atom. The molecule has 4 aromatic rings. The molecular weight excluding hydrogens is 400 g/mol. The van der Waals surface area contributed by atoms with Crippen molar-refractivity contribution in [3.63, 3.8) is 0 Å². The first-order valence-electron chi connectivity index (χ1n) is 10.7. The fraction of sp³-hybridized carbons (Fsp3) is 0.192. The van der Waals surface area contributed by atoms with Crippen LogP contribution in [-0.2, 0) is 0 Å². The van der Waals surface area contributed by atoms with E-state index >= 15 is 0 Å². The van der Waals surface area contributed by atoms with Crippen LogP contribution in [0, 0.1) is 0 Å². The van der Waals surface area contributed by atoms with Crippen LogP contribution in [0.2, 0.25) is 0 Å². The van der Waals surface area contributed by atoms with E-state index in [0.717, 1.165) is 52.3 Å². The Balaban J connectivity index is 1.42. The maximum Gasteiger partial charge on any atom is 0.253 e. The average Bonchev–Trinajstić information content (AvgIpc) is 2.88. The van der Waals surface area contributed by atoms with E-state index in [4.69, 9.17) is 4.74 Å². The molecule has 1 fully saturated rings. The Morgan fingerprint density at radius 1 is 0.812 bits per heavy atom. The van der Waals surface area contributed by atoms with E-state index in [1.807, 2.05) is 71.6 Å². The van der Waals surface area contributed by atoms with Crippen molar-refractivity contribution < 1.29 is 9.53 Å². The molecule has 0 saturated carbocycles. The minimum Gasteiger partial charge on any atom is -0.497 e. The quantitative estimate of drug-likeness (QED) is 0.490. The predicted octanol–water partition coefficient (Wildman–Crippen LogP) is 4.27. The molecule has 1 aliphatic heterocycles. The molecule has 6 heteroatoms. The fourth-order valence-electron chi connectivity index (χ4n) is 4.19. The van der Waals surface area contributed by atoms with E-state index < -0.39 is 0 Å². The minimum atomic E-state index is 0.0783. The van der Waals surface area contributed by atoms with Gasteiger partial charge in [0, 0.05) is 48.1 Å². The molecule has 0 unspecified atom stereocenters. The summed E-state index contributed by atoms with van der Waals surface area (Å²) in [7, 11) is 1.66. The van der Waals surface area contributed by atoms with E-state index in [1.165, 1.54) is 0 Å². The second kappa shape index (κ2) is 8.67. The molecule has 6 nitrogen and oxygen atoms in total. The molecule has 160 valence electrons. The standard InChI is InChI=1S/C26H24N4O2/c1-32-21-11-7-10-20(18-21)24-22-12-5-6-13-23(22)25(28-27-24)29-14-16-30(17-15-29)26(31)19-8-3-2-4-9-19/h2-13,18H,14-17H2,1H3. The van der Waals surface area contributed by atoms with E-state index in [-0.39, 0.29) is 5.91 Å². The summed E-state index contributed by atoms with van der Waals surface area (Å²) < 4.78 is 5.38. The van der Waals surface area contributed by atoms with E-state index in [2.05, 4.69) is 27.2 Å². The van der Waals surface area contributed by atoms with Crippen LogP contribution in [0.4, 0.5) is 5.82 Å². The highest BCUT2D eigenvalue weighted by Gasteiger charge is 2.24. The second-order valence-corrected chi connectivity index (χ2v) is 7.80. The summed E-state index contributed by atoms with van der Waals surface area (Å²) in [6, 6.07) is 25.5.